The van der Waals surface area contributed by atoms with Crippen LogP contribution in [0.4, 0.5) is 0 Å². The summed E-state index contributed by atoms with van der Waals surface area (Å²) < 4.78 is 0. The lowest BCUT2D eigenvalue weighted by Crippen LogP contribution is -2.03. The highest BCUT2D eigenvalue weighted by atomic mass is 16.4. The quantitative estimate of drug-likeness (QED) is 0.783. The Morgan fingerprint density at radius 2 is 2.27 bits per heavy atom. The molecule has 1 fully saturated rings. The third kappa shape index (κ3) is 1.42. The van der Waals surface area contributed by atoms with Crippen LogP contribution in [-0.4, -0.2) is 26.3 Å². The van der Waals surface area contributed by atoms with Crippen molar-refractivity contribution in [3.8, 4) is 0 Å². The summed E-state index contributed by atoms with van der Waals surface area (Å²) in [6.45, 7) is 5.87. The number of carboxylic acid groups (broad SMARTS) is 1. The van der Waals surface area contributed by atoms with Crippen LogP contribution in [0.3, 0.4) is 0 Å². The molecule has 2 unspecified atom stereocenters. The summed E-state index contributed by atoms with van der Waals surface area (Å²) in [5.74, 6) is 0.304. The molecule has 2 rings (SSSR count). The van der Waals surface area contributed by atoms with E-state index in [-0.39, 0.29) is 17.3 Å². The highest BCUT2D eigenvalue weighted by Crippen LogP contribution is 2.63. The predicted octanol–water partition coefficient (Wildman–Crippen LogP) is 1.19. The molecule has 5 nitrogen and oxygen atoms in total. The van der Waals surface area contributed by atoms with E-state index in [0.29, 0.717) is 5.82 Å². The Morgan fingerprint density at radius 3 is 2.67 bits per heavy atom. The molecule has 0 aromatic carbocycles. The zero-order valence-electron chi connectivity index (χ0n) is 9.11. The van der Waals surface area contributed by atoms with Crippen molar-refractivity contribution in [2.45, 2.75) is 33.1 Å². The van der Waals surface area contributed by atoms with E-state index in [0.717, 1.165) is 12.2 Å². The first-order valence-corrected chi connectivity index (χ1v) is 5.12. The van der Waals surface area contributed by atoms with Gasteiger partial charge in [0.25, 0.3) is 0 Å². The summed E-state index contributed by atoms with van der Waals surface area (Å²) in [5, 5.41) is 15.9. The van der Waals surface area contributed by atoms with Gasteiger partial charge in [-0.2, -0.15) is 5.10 Å². The van der Waals surface area contributed by atoms with Crippen LogP contribution in [0.5, 0.6) is 0 Å². The van der Waals surface area contributed by atoms with E-state index in [9.17, 15) is 4.79 Å². The minimum atomic E-state index is -0.757. The van der Waals surface area contributed by atoms with E-state index in [4.69, 9.17) is 5.11 Å². The van der Waals surface area contributed by atoms with Crippen LogP contribution in [0, 0.1) is 11.3 Å². The lowest BCUT2D eigenvalue weighted by atomic mass is 10.1. The summed E-state index contributed by atoms with van der Waals surface area (Å²) in [6.07, 6.45) is 0.790. The molecule has 1 aliphatic carbocycles. The van der Waals surface area contributed by atoms with Gasteiger partial charge < -0.3 is 5.11 Å². The highest BCUT2D eigenvalue weighted by Gasteiger charge is 2.64. The number of aromatic amines is 1. The molecule has 82 valence electrons. The molecule has 2 N–H and O–H groups in total. The van der Waals surface area contributed by atoms with Crippen molar-refractivity contribution in [3.63, 3.8) is 0 Å². The molecule has 2 atom stereocenters. The van der Waals surface area contributed by atoms with Crippen molar-refractivity contribution in [2.75, 3.05) is 0 Å². The average molecular weight is 209 g/mol. The number of H-pyrrole nitrogens is 1. The largest absolute Gasteiger partial charge is 0.481 e. The highest BCUT2D eigenvalue weighted by molar-refractivity contribution is 5.77. The van der Waals surface area contributed by atoms with Gasteiger partial charge in [-0.1, -0.05) is 20.8 Å². The third-order valence-electron chi connectivity index (χ3n) is 3.26. The van der Waals surface area contributed by atoms with Crippen LogP contribution in [0.25, 0.3) is 0 Å². The Labute approximate surface area is 87.9 Å². The molecule has 0 bridgehead atoms. The Morgan fingerprint density at radius 1 is 1.60 bits per heavy atom. The van der Waals surface area contributed by atoms with E-state index >= 15 is 0 Å². The maximum absolute atomic E-state index is 11.0. The molecule has 0 aliphatic heterocycles. The van der Waals surface area contributed by atoms with Crippen LogP contribution >= 0.6 is 0 Å². The van der Waals surface area contributed by atoms with Crippen LogP contribution in [-0.2, 0) is 11.2 Å². The number of aromatic nitrogens is 3. The zero-order valence-corrected chi connectivity index (χ0v) is 9.11. The maximum Gasteiger partial charge on any atom is 0.307 e. The molecular formula is C10H15N3O2. The standard InChI is InChI=1S/C10H15N3O2/c1-4-5-11-8(13-12-5)6-7(9(14)15)10(6,2)3/h6-7H,4H2,1-3H3,(H,14,15)(H,11,12,13). The van der Waals surface area contributed by atoms with Crippen LogP contribution in [0.2, 0.25) is 0 Å². The van der Waals surface area contributed by atoms with Gasteiger partial charge in [0.2, 0.25) is 0 Å². The lowest BCUT2D eigenvalue weighted by molar-refractivity contribution is -0.139. The number of aliphatic carboxylic acids is 1. The smallest absolute Gasteiger partial charge is 0.307 e. The van der Waals surface area contributed by atoms with Crippen molar-refractivity contribution in [3.05, 3.63) is 11.6 Å². The van der Waals surface area contributed by atoms with E-state index < -0.39 is 5.97 Å². The molecule has 1 aromatic rings. The van der Waals surface area contributed by atoms with Gasteiger partial charge in [-0.05, 0) is 5.41 Å². The molecule has 15 heavy (non-hydrogen) atoms. The molecule has 0 spiro atoms. The fourth-order valence-corrected chi connectivity index (χ4v) is 2.19. The predicted molar refractivity (Wildman–Crippen MR) is 53.4 cm³/mol. The Hall–Kier alpha value is -1.39. The SMILES string of the molecule is CCc1nc(C2C(C(=O)O)C2(C)C)n[nH]1. The second-order valence-electron chi connectivity index (χ2n) is 4.61. The van der Waals surface area contributed by atoms with Gasteiger partial charge >= 0.3 is 5.97 Å². The first kappa shape index (κ1) is 10.1. The van der Waals surface area contributed by atoms with Gasteiger partial charge in [0.1, 0.15) is 5.82 Å². The Kier molecular flexibility index (Phi) is 2.06. The van der Waals surface area contributed by atoms with Gasteiger partial charge in [0.15, 0.2) is 5.82 Å². The van der Waals surface area contributed by atoms with E-state index in [1.54, 1.807) is 0 Å². The minimum absolute atomic E-state index is 0.0495. The van der Waals surface area contributed by atoms with E-state index in [1.807, 2.05) is 20.8 Å². The van der Waals surface area contributed by atoms with Crippen LogP contribution < -0.4 is 0 Å². The number of hydrogen-bond donors (Lipinski definition) is 2. The first-order chi connectivity index (χ1) is 6.98. The minimum Gasteiger partial charge on any atom is -0.481 e. The van der Waals surface area contributed by atoms with Gasteiger partial charge in [-0.25, -0.2) is 4.98 Å². The molecule has 1 saturated carbocycles. The number of carboxylic acids is 1. The van der Waals surface area contributed by atoms with Crippen LogP contribution in [0.15, 0.2) is 0 Å². The summed E-state index contributed by atoms with van der Waals surface area (Å²) in [7, 11) is 0. The lowest BCUT2D eigenvalue weighted by Gasteiger charge is -1.96. The number of hydrogen-bond acceptors (Lipinski definition) is 3. The Bertz CT molecular complexity index is 397. The molecule has 0 amide bonds. The summed E-state index contributed by atoms with van der Waals surface area (Å²) in [6, 6.07) is 0. The van der Waals surface area contributed by atoms with Crippen molar-refractivity contribution in [2.24, 2.45) is 11.3 Å². The fourth-order valence-electron chi connectivity index (χ4n) is 2.19. The Balaban J connectivity index is 2.23. The monoisotopic (exact) mass is 209 g/mol. The average Bonchev–Trinajstić information content (AvgIpc) is 2.59. The number of nitrogens with zero attached hydrogens (tertiary/aromatic N) is 2. The van der Waals surface area contributed by atoms with E-state index in [2.05, 4.69) is 15.2 Å². The first-order valence-electron chi connectivity index (χ1n) is 5.12. The van der Waals surface area contributed by atoms with Crippen molar-refractivity contribution in [1.29, 1.82) is 0 Å². The third-order valence-corrected chi connectivity index (χ3v) is 3.26. The maximum atomic E-state index is 11.0. The van der Waals surface area contributed by atoms with E-state index in [1.165, 1.54) is 0 Å². The number of carbonyl (C=O) groups is 1. The van der Waals surface area contributed by atoms with Crippen molar-refractivity contribution >= 4 is 5.97 Å². The van der Waals surface area contributed by atoms with Crippen molar-refractivity contribution < 1.29 is 9.90 Å². The van der Waals surface area contributed by atoms with Gasteiger partial charge in [-0.15, -0.1) is 0 Å². The molecular weight excluding hydrogens is 194 g/mol. The van der Waals surface area contributed by atoms with Crippen molar-refractivity contribution in [1.82, 2.24) is 15.2 Å². The summed E-state index contributed by atoms with van der Waals surface area (Å²) in [5.41, 5.74) is -0.223. The summed E-state index contributed by atoms with van der Waals surface area (Å²) in [4.78, 5) is 15.3. The molecule has 0 radical (unpaired) electrons. The fraction of sp³-hybridized carbons (Fsp3) is 0.700. The van der Waals surface area contributed by atoms with Gasteiger partial charge in [0.05, 0.1) is 5.92 Å². The molecule has 1 aliphatic rings. The van der Waals surface area contributed by atoms with Gasteiger partial charge in [0, 0.05) is 12.3 Å². The zero-order chi connectivity index (χ0) is 11.2. The van der Waals surface area contributed by atoms with Gasteiger partial charge in [-0.3, -0.25) is 9.89 Å². The number of rotatable bonds is 3. The number of nitrogens with one attached hydrogen (secondary N) is 1. The summed E-state index contributed by atoms with van der Waals surface area (Å²) >= 11 is 0. The second-order valence-corrected chi connectivity index (χ2v) is 4.61. The molecule has 1 aromatic heterocycles. The number of aryl methyl sites for hydroxylation is 1. The molecule has 5 heteroatoms. The normalized spacial score (nSPS) is 27.7. The molecule has 0 saturated heterocycles. The molecule has 1 heterocycles. The second kappa shape index (κ2) is 3.05. The topological polar surface area (TPSA) is 78.9 Å². The van der Waals surface area contributed by atoms with Crippen LogP contribution in [0.1, 0.15) is 38.3 Å².